The van der Waals surface area contributed by atoms with Crippen molar-refractivity contribution in [2.24, 2.45) is 0 Å². The van der Waals surface area contributed by atoms with Gasteiger partial charge in [0.1, 0.15) is 0 Å². The average Bonchev–Trinajstić information content (AvgIpc) is 2.80. The molecule has 0 spiro atoms. The van der Waals surface area contributed by atoms with Gasteiger partial charge in [-0.1, -0.05) is 24.3 Å². The van der Waals surface area contributed by atoms with Gasteiger partial charge in [-0.25, -0.2) is 4.98 Å². The molecule has 0 unspecified atom stereocenters. The summed E-state index contributed by atoms with van der Waals surface area (Å²) in [5.41, 5.74) is 3.09. The monoisotopic (exact) mass is 215 g/mol. The van der Waals surface area contributed by atoms with Gasteiger partial charge >= 0.3 is 0 Å². The van der Waals surface area contributed by atoms with Crippen LogP contribution in [0.4, 0.5) is 0 Å². The van der Waals surface area contributed by atoms with Gasteiger partial charge in [0.15, 0.2) is 0 Å². The Morgan fingerprint density at radius 2 is 2.25 bits per heavy atom. The van der Waals surface area contributed by atoms with E-state index in [4.69, 9.17) is 0 Å². The summed E-state index contributed by atoms with van der Waals surface area (Å²) >= 11 is 0. The van der Waals surface area contributed by atoms with Crippen molar-refractivity contribution in [3.8, 4) is 11.3 Å². The Labute approximate surface area is 93.7 Å². The molecule has 1 aromatic carbocycles. The van der Waals surface area contributed by atoms with Crippen LogP contribution >= 0.6 is 0 Å². The topological polar surface area (TPSA) is 57.8 Å². The Hall–Kier alpha value is -2.10. The maximum atomic E-state index is 10.9. The first-order valence-electron chi connectivity index (χ1n) is 5.08. The van der Waals surface area contributed by atoms with E-state index in [2.05, 4.69) is 15.3 Å². The van der Waals surface area contributed by atoms with Gasteiger partial charge < -0.3 is 10.3 Å². The quantitative estimate of drug-likeness (QED) is 0.819. The van der Waals surface area contributed by atoms with Gasteiger partial charge in [-0.2, -0.15) is 0 Å². The second-order valence-electron chi connectivity index (χ2n) is 3.53. The van der Waals surface area contributed by atoms with Crippen molar-refractivity contribution in [3.05, 3.63) is 42.4 Å². The summed E-state index contributed by atoms with van der Waals surface area (Å²) < 4.78 is 0. The van der Waals surface area contributed by atoms with Crippen LogP contribution in [-0.4, -0.2) is 15.9 Å². The predicted octanol–water partition coefficient (Wildman–Crippen LogP) is 1.71. The van der Waals surface area contributed by atoms with E-state index in [-0.39, 0.29) is 5.91 Å². The van der Waals surface area contributed by atoms with Crippen LogP contribution in [0, 0.1) is 0 Å². The third kappa shape index (κ3) is 2.28. The largest absolute Gasteiger partial charge is 0.352 e. The number of aromatic nitrogens is 2. The summed E-state index contributed by atoms with van der Waals surface area (Å²) in [5.74, 6) is -0.0283. The summed E-state index contributed by atoms with van der Waals surface area (Å²) in [6.07, 6.45) is 3.41. The van der Waals surface area contributed by atoms with Crippen molar-refractivity contribution in [2.45, 2.75) is 13.5 Å². The molecule has 0 aliphatic carbocycles. The highest BCUT2D eigenvalue weighted by molar-refractivity contribution is 5.73. The van der Waals surface area contributed by atoms with Crippen LogP contribution in [0.2, 0.25) is 0 Å². The summed E-state index contributed by atoms with van der Waals surface area (Å²) in [6.45, 7) is 2.04. The van der Waals surface area contributed by atoms with Crippen molar-refractivity contribution >= 4 is 5.91 Å². The molecule has 0 radical (unpaired) electrons. The van der Waals surface area contributed by atoms with E-state index in [9.17, 15) is 4.79 Å². The molecule has 1 amide bonds. The Kier molecular flexibility index (Phi) is 3.00. The van der Waals surface area contributed by atoms with Crippen molar-refractivity contribution in [3.63, 3.8) is 0 Å². The van der Waals surface area contributed by atoms with Crippen molar-refractivity contribution < 1.29 is 4.79 Å². The Balaban J connectivity index is 2.27. The Morgan fingerprint density at radius 3 is 2.94 bits per heavy atom. The highest BCUT2D eigenvalue weighted by Crippen LogP contribution is 2.20. The van der Waals surface area contributed by atoms with E-state index in [1.165, 1.54) is 6.92 Å². The number of aromatic amines is 1. The number of hydrogen-bond acceptors (Lipinski definition) is 2. The zero-order chi connectivity index (χ0) is 11.4. The molecule has 1 heterocycles. The molecule has 0 aliphatic heterocycles. The molecule has 0 saturated heterocycles. The highest BCUT2D eigenvalue weighted by atomic mass is 16.1. The number of H-pyrrole nitrogens is 1. The fourth-order valence-corrected chi connectivity index (χ4v) is 1.56. The molecular weight excluding hydrogens is 202 g/mol. The van der Waals surface area contributed by atoms with Crippen molar-refractivity contribution in [1.82, 2.24) is 15.3 Å². The van der Waals surface area contributed by atoms with Crippen molar-refractivity contribution in [1.29, 1.82) is 0 Å². The second-order valence-corrected chi connectivity index (χ2v) is 3.53. The van der Waals surface area contributed by atoms with Gasteiger partial charge in [0.05, 0.1) is 18.2 Å². The molecule has 82 valence electrons. The van der Waals surface area contributed by atoms with Crippen LogP contribution in [-0.2, 0) is 11.3 Å². The zero-order valence-electron chi connectivity index (χ0n) is 9.03. The molecule has 0 saturated carbocycles. The lowest BCUT2D eigenvalue weighted by Crippen LogP contribution is -2.19. The van der Waals surface area contributed by atoms with Crippen LogP contribution in [0.25, 0.3) is 11.3 Å². The molecule has 2 N–H and O–H groups in total. The normalized spacial score (nSPS) is 10.1. The number of carbonyl (C=O) groups excluding carboxylic acids is 1. The number of nitrogens with one attached hydrogen (secondary N) is 2. The molecule has 0 aliphatic rings. The maximum absolute atomic E-state index is 10.9. The molecule has 2 rings (SSSR count). The first-order valence-corrected chi connectivity index (χ1v) is 5.08. The van der Waals surface area contributed by atoms with Gasteiger partial charge in [-0.15, -0.1) is 0 Å². The number of rotatable bonds is 3. The smallest absolute Gasteiger partial charge is 0.217 e. The van der Waals surface area contributed by atoms with Gasteiger partial charge in [0, 0.05) is 19.0 Å². The zero-order valence-corrected chi connectivity index (χ0v) is 9.03. The van der Waals surface area contributed by atoms with E-state index in [0.717, 1.165) is 16.8 Å². The van der Waals surface area contributed by atoms with E-state index in [1.54, 1.807) is 12.5 Å². The predicted molar refractivity (Wildman–Crippen MR) is 61.5 cm³/mol. The lowest BCUT2D eigenvalue weighted by molar-refractivity contribution is -0.119. The molecule has 2 aromatic rings. The van der Waals surface area contributed by atoms with Crippen molar-refractivity contribution in [2.75, 3.05) is 0 Å². The maximum Gasteiger partial charge on any atom is 0.217 e. The summed E-state index contributed by atoms with van der Waals surface area (Å²) in [4.78, 5) is 17.9. The SMILES string of the molecule is CC(=O)NCc1ccccc1-c1cnc[nH]1. The second kappa shape index (κ2) is 4.61. The summed E-state index contributed by atoms with van der Waals surface area (Å²) in [5, 5.41) is 2.79. The van der Waals surface area contributed by atoms with Crippen LogP contribution in [0.1, 0.15) is 12.5 Å². The Bertz CT molecular complexity index is 477. The minimum atomic E-state index is -0.0283. The van der Waals surface area contributed by atoms with Crippen LogP contribution in [0.3, 0.4) is 0 Å². The fourth-order valence-electron chi connectivity index (χ4n) is 1.56. The molecule has 4 heteroatoms. The summed E-state index contributed by atoms with van der Waals surface area (Å²) in [7, 11) is 0. The molecule has 16 heavy (non-hydrogen) atoms. The highest BCUT2D eigenvalue weighted by Gasteiger charge is 2.05. The number of benzene rings is 1. The molecule has 1 aromatic heterocycles. The fraction of sp³-hybridized carbons (Fsp3) is 0.167. The molecule has 0 fully saturated rings. The molecule has 0 atom stereocenters. The minimum absolute atomic E-state index is 0.0283. The lowest BCUT2D eigenvalue weighted by atomic mass is 10.1. The van der Waals surface area contributed by atoms with Gasteiger partial charge in [0.25, 0.3) is 0 Å². The van der Waals surface area contributed by atoms with E-state index < -0.39 is 0 Å². The minimum Gasteiger partial charge on any atom is -0.352 e. The van der Waals surface area contributed by atoms with Crippen LogP contribution < -0.4 is 5.32 Å². The average molecular weight is 215 g/mol. The number of amides is 1. The van der Waals surface area contributed by atoms with Gasteiger partial charge in [-0.3, -0.25) is 4.79 Å². The molecule has 0 bridgehead atoms. The third-order valence-corrected chi connectivity index (χ3v) is 2.33. The van der Waals surface area contributed by atoms with E-state index >= 15 is 0 Å². The molecular formula is C12H13N3O. The Morgan fingerprint density at radius 1 is 1.44 bits per heavy atom. The van der Waals surface area contributed by atoms with Crippen LogP contribution in [0.5, 0.6) is 0 Å². The number of imidazole rings is 1. The third-order valence-electron chi connectivity index (χ3n) is 2.33. The number of carbonyl (C=O) groups is 1. The molecule has 4 nitrogen and oxygen atoms in total. The van der Waals surface area contributed by atoms with E-state index in [1.807, 2.05) is 24.3 Å². The van der Waals surface area contributed by atoms with Gasteiger partial charge in [-0.05, 0) is 5.56 Å². The number of hydrogen-bond donors (Lipinski definition) is 2. The summed E-state index contributed by atoms with van der Waals surface area (Å²) in [6, 6.07) is 7.92. The first-order chi connectivity index (χ1) is 7.77. The number of nitrogens with zero attached hydrogens (tertiary/aromatic N) is 1. The van der Waals surface area contributed by atoms with Gasteiger partial charge in [0.2, 0.25) is 5.91 Å². The van der Waals surface area contributed by atoms with Crippen LogP contribution in [0.15, 0.2) is 36.8 Å². The standard InChI is InChI=1S/C12H13N3O/c1-9(16)14-6-10-4-2-3-5-11(10)12-7-13-8-15-12/h2-5,7-8H,6H2,1H3,(H,13,15)(H,14,16). The first kappa shape index (κ1) is 10.4. The lowest BCUT2D eigenvalue weighted by Gasteiger charge is -2.07. The van der Waals surface area contributed by atoms with E-state index in [0.29, 0.717) is 6.54 Å².